The van der Waals surface area contributed by atoms with Gasteiger partial charge in [-0.05, 0) is 18.4 Å². The number of aliphatic hydroxyl groups is 1. The number of amides is 1. The Kier molecular flexibility index (Phi) is 2.58. The van der Waals surface area contributed by atoms with Crippen LogP contribution in [0.25, 0.3) is 0 Å². The topological polar surface area (TPSA) is 62.0 Å². The van der Waals surface area contributed by atoms with Gasteiger partial charge in [0.05, 0.1) is 6.04 Å². The van der Waals surface area contributed by atoms with Crippen molar-refractivity contribution in [3.8, 4) is 0 Å². The minimum atomic E-state index is -0.644. The standard InChI is InChI=1S/C8H12N2O2/c1-5(2)3-6-4-7(11)8(12)10-9-6/h4-6,11H,3H2,1-2H3. The predicted octanol–water partition coefficient (Wildman–Crippen LogP) is 1.84. The first kappa shape index (κ1) is 8.90. The Labute approximate surface area is 71.0 Å². The number of aliphatic hydroxyl groups excluding tert-OH is 1. The van der Waals surface area contributed by atoms with Crippen LogP contribution in [0.2, 0.25) is 0 Å². The maximum absolute atomic E-state index is 10.6. The van der Waals surface area contributed by atoms with Crippen LogP contribution in [0.15, 0.2) is 22.1 Å². The quantitative estimate of drug-likeness (QED) is 0.683. The predicted molar refractivity (Wildman–Crippen MR) is 43.8 cm³/mol. The van der Waals surface area contributed by atoms with E-state index in [9.17, 15) is 4.79 Å². The van der Waals surface area contributed by atoms with E-state index < -0.39 is 5.91 Å². The minimum absolute atomic E-state index is 0.136. The third kappa shape index (κ3) is 2.15. The number of carbonyl (C=O) groups excluding carboxylic acids is 1. The molecule has 0 aromatic rings. The van der Waals surface area contributed by atoms with E-state index in [2.05, 4.69) is 24.1 Å². The van der Waals surface area contributed by atoms with Crippen LogP contribution < -0.4 is 0 Å². The molecule has 1 N–H and O–H groups in total. The molecule has 0 aromatic heterocycles. The number of nitrogens with zero attached hydrogens (tertiary/aromatic N) is 2. The molecule has 66 valence electrons. The Balaban J connectivity index is 2.60. The Hall–Kier alpha value is -1.19. The second kappa shape index (κ2) is 3.47. The molecule has 1 unspecified atom stereocenters. The third-order valence-corrected chi connectivity index (χ3v) is 1.58. The zero-order valence-electron chi connectivity index (χ0n) is 7.19. The van der Waals surface area contributed by atoms with Gasteiger partial charge >= 0.3 is 5.91 Å². The molecule has 0 saturated carbocycles. The van der Waals surface area contributed by atoms with Gasteiger partial charge in [-0.15, -0.1) is 5.11 Å². The van der Waals surface area contributed by atoms with Gasteiger partial charge in [-0.25, -0.2) is 0 Å². The fraction of sp³-hybridized carbons (Fsp3) is 0.625. The van der Waals surface area contributed by atoms with E-state index in [1.807, 2.05) is 0 Å². The Morgan fingerprint density at radius 3 is 2.83 bits per heavy atom. The van der Waals surface area contributed by atoms with Crippen molar-refractivity contribution in [3.63, 3.8) is 0 Å². The fourth-order valence-electron chi connectivity index (χ4n) is 1.06. The second-order valence-electron chi connectivity index (χ2n) is 3.27. The van der Waals surface area contributed by atoms with Crippen LogP contribution >= 0.6 is 0 Å². The molecule has 0 spiro atoms. The van der Waals surface area contributed by atoms with Crippen molar-refractivity contribution in [1.29, 1.82) is 0 Å². The molecule has 0 fully saturated rings. The summed E-state index contributed by atoms with van der Waals surface area (Å²) in [5, 5.41) is 16.1. The van der Waals surface area contributed by atoms with Gasteiger partial charge in [0.25, 0.3) is 0 Å². The monoisotopic (exact) mass is 168 g/mol. The molecule has 1 rings (SSSR count). The smallest absolute Gasteiger partial charge is 0.329 e. The fourth-order valence-corrected chi connectivity index (χ4v) is 1.06. The number of rotatable bonds is 2. The Morgan fingerprint density at radius 2 is 2.33 bits per heavy atom. The van der Waals surface area contributed by atoms with Crippen molar-refractivity contribution in [2.75, 3.05) is 0 Å². The summed E-state index contributed by atoms with van der Waals surface area (Å²) in [5.74, 6) is -0.447. The average molecular weight is 168 g/mol. The van der Waals surface area contributed by atoms with Crippen LogP contribution in [0, 0.1) is 5.92 Å². The van der Waals surface area contributed by atoms with Gasteiger partial charge in [0, 0.05) is 0 Å². The van der Waals surface area contributed by atoms with Crippen LogP contribution in [0.5, 0.6) is 0 Å². The second-order valence-corrected chi connectivity index (χ2v) is 3.27. The van der Waals surface area contributed by atoms with Gasteiger partial charge in [0.2, 0.25) is 0 Å². The highest BCUT2D eigenvalue weighted by Gasteiger charge is 2.17. The number of hydrogen-bond donors (Lipinski definition) is 1. The van der Waals surface area contributed by atoms with E-state index in [0.717, 1.165) is 6.42 Å². The van der Waals surface area contributed by atoms with Gasteiger partial charge in [0.1, 0.15) is 0 Å². The molecule has 0 aliphatic carbocycles. The lowest BCUT2D eigenvalue weighted by Gasteiger charge is -2.11. The molecule has 1 aliphatic heterocycles. The summed E-state index contributed by atoms with van der Waals surface area (Å²) in [6, 6.07) is -0.136. The molecule has 12 heavy (non-hydrogen) atoms. The lowest BCUT2D eigenvalue weighted by atomic mass is 10.0. The van der Waals surface area contributed by atoms with Crippen molar-refractivity contribution < 1.29 is 9.90 Å². The Bertz CT molecular complexity index is 243. The van der Waals surface area contributed by atoms with Crippen LogP contribution in [-0.4, -0.2) is 17.1 Å². The summed E-state index contributed by atoms with van der Waals surface area (Å²) in [7, 11) is 0. The molecule has 1 amide bonds. The van der Waals surface area contributed by atoms with Crippen LogP contribution in [0.1, 0.15) is 20.3 Å². The molecular weight excluding hydrogens is 156 g/mol. The molecule has 0 bridgehead atoms. The summed E-state index contributed by atoms with van der Waals surface area (Å²) in [4.78, 5) is 10.6. The van der Waals surface area contributed by atoms with E-state index >= 15 is 0 Å². The van der Waals surface area contributed by atoms with Gasteiger partial charge in [-0.2, -0.15) is 5.11 Å². The molecule has 1 atom stereocenters. The normalized spacial score (nSPS) is 23.1. The summed E-state index contributed by atoms with van der Waals surface area (Å²) in [6.45, 7) is 4.10. The first-order valence-electron chi connectivity index (χ1n) is 3.95. The third-order valence-electron chi connectivity index (χ3n) is 1.58. The maximum atomic E-state index is 10.6. The molecule has 1 heterocycles. The number of hydrogen-bond acceptors (Lipinski definition) is 3. The zero-order valence-corrected chi connectivity index (χ0v) is 7.19. The SMILES string of the molecule is CC(C)CC1C=C(O)C(=O)N=N1. The number of azo groups is 1. The summed E-state index contributed by atoms with van der Waals surface area (Å²) >= 11 is 0. The molecule has 4 nitrogen and oxygen atoms in total. The summed E-state index contributed by atoms with van der Waals surface area (Å²) < 4.78 is 0. The lowest BCUT2D eigenvalue weighted by Crippen LogP contribution is -2.13. The molecule has 4 heteroatoms. The average Bonchev–Trinajstić information content (AvgIpc) is 1.96. The van der Waals surface area contributed by atoms with Crippen molar-refractivity contribution in [2.45, 2.75) is 26.3 Å². The number of carbonyl (C=O) groups is 1. The highest BCUT2D eigenvalue weighted by molar-refractivity contribution is 5.91. The molecule has 0 radical (unpaired) electrons. The lowest BCUT2D eigenvalue weighted by molar-refractivity contribution is -0.117. The van der Waals surface area contributed by atoms with E-state index in [0.29, 0.717) is 5.92 Å². The van der Waals surface area contributed by atoms with Crippen molar-refractivity contribution >= 4 is 5.91 Å². The van der Waals surface area contributed by atoms with Crippen LogP contribution in [0.4, 0.5) is 0 Å². The van der Waals surface area contributed by atoms with Crippen LogP contribution in [0.3, 0.4) is 0 Å². The highest BCUT2D eigenvalue weighted by Crippen LogP contribution is 2.15. The van der Waals surface area contributed by atoms with E-state index in [1.165, 1.54) is 6.08 Å². The summed E-state index contributed by atoms with van der Waals surface area (Å²) in [6.07, 6.45) is 2.26. The highest BCUT2D eigenvalue weighted by atomic mass is 16.3. The molecule has 1 aliphatic rings. The van der Waals surface area contributed by atoms with E-state index in [-0.39, 0.29) is 11.8 Å². The van der Waals surface area contributed by atoms with Gasteiger partial charge in [0.15, 0.2) is 5.76 Å². The zero-order chi connectivity index (χ0) is 9.14. The van der Waals surface area contributed by atoms with E-state index in [4.69, 9.17) is 5.11 Å². The van der Waals surface area contributed by atoms with Gasteiger partial charge in [-0.3, -0.25) is 4.79 Å². The maximum Gasteiger partial charge on any atom is 0.329 e. The summed E-state index contributed by atoms with van der Waals surface area (Å²) in [5.41, 5.74) is 0. The molecule has 0 aromatic carbocycles. The van der Waals surface area contributed by atoms with Crippen molar-refractivity contribution in [3.05, 3.63) is 11.8 Å². The van der Waals surface area contributed by atoms with E-state index in [1.54, 1.807) is 0 Å². The van der Waals surface area contributed by atoms with Crippen molar-refractivity contribution in [1.82, 2.24) is 0 Å². The molecular formula is C8H12N2O2. The first-order chi connectivity index (χ1) is 5.59. The van der Waals surface area contributed by atoms with Crippen molar-refractivity contribution in [2.24, 2.45) is 16.1 Å². The van der Waals surface area contributed by atoms with Crippen LogP contribution in [-0.2, 0) is 4.79 Å². The first-order valence-corrected chi connectivity index (χ1v) is 3.95. The Morgan fingerprint density at radius 1 is 1.67 bits per heavy atom. The van der Waals surface area contributed by atoms with Gasteiger partial charge < -0.3 is 5.11 Å². The minimum Gasteiger partial charge on any atom is -0.503 e. The van der Waals surface area contributed by atoms with Gasteiger partial charge in [-0.1, -0.05) is 13.8 Å². The largest absolute Gasteiger partial charge is 0.503 e. The molecule has 0 saturated heterocycles.